The number of hydrogen-bond donors (Lipinski definition) is 3. The van der Waals surface area contributed by atoms with Crippen molar-refractivity contribution in [3.63, 3.8) is 0 Å². The lowest BCUT2D eigenvalue weighted by molar-refractivity contribution is -0.138. The first-order valence-corrected chi connectivity index (χ1v) is 15.7. The second-order valence-electron chi connectivity index (χ2n) is 7.40. The van der Waals surface area contributed by atoms with Crippen LogP contribution in [0.5, 0.6) is 11.5 Å². The molecule has 0 atom stereocenters. The van der Waals surface area contributed by atoms with Crippen molar-refractivity contribution >= 4 is 38.2 Å². The van der Waals surface area contributed by atoms with Crippen molar-refractivity contribution in [3.05, 3.63) is 47.0 Å². The smallest absolute Gasteiger partial charge is 0.420 e. The summed E-state index contributed by atoms with van der Waals surface area (Å²) in [6.07, 6.45) is -5.01. The highest BCUT2D eigenvalue weighted by Crippen LogP contribution is 2.49. The van der Waals surface area contributed by atoms with Crippen LogP contribution in [0, 0.1) is 0 Å². The predicted molar refractivity (Wildman–Crippen MR) is 147 cm³/mol. The zero-order valence-electron chi connectivity index (χ0n) is 22.1. The maximum absolute atomic E-state index is 13.4. The third kappa shape index (κ3) is 12.1. The first-order chi connectivity index (χ1) is 18.3. The molecule has 0 aromatic heterocycles. The molecule has 0 heterocycles. The molecule has 0 radical (unpaired) electrons. The van der Waals surface area contributed by atoms with Crippen LogP contribution in [0.25, 0.3) is 0 Å². The van der Waals surface area contributed by atoms with Crippen LogP contribution in [-0.4, -0.2) is 39.0 Å². The molecule has 0 unspecified atom stereocenters. The molecule has 10 nitrogen and oxygen atoms in total. The minimum atomic E-state index is -4.69. The minimum absolute atomic E-state index is 0.0469. The third-order valence-corrected chi connectivity index (χ3v) is 8.34. The summed E-state index contributed by atoms with van der Waals surface area (Å²) in [7, 11) is -6.40. The van der Waals surface area contributed by atoms with Gasteiger partial charge in [0.05, 0.1) is 44.1 Å². The number of rotatable bonds is 14. The molecule has 2 aromatic rings. The van der Waals surface area contributed by atoms with Gasteiger partial charge in [0, 0.05) is 11.1 Å². The lowest BCUT2D eigenvalue weighted by Crippen LogP contribution is -2.12. The number of hydrogen-bond acceptors (Lipinski definition) is 10. The molecule has 5 N–H and O–H groups in total. The van der Waals surface area contributed by atoms with Gasteiger partial charge in [0.1, 0.15) is 23.3 Å². The van der Waals surface area contributed by atoms with Gasteiger partial charge in [-0.05, 0) is 58.0 Å². The average molecular weight is 620 g/mol. The van der Waals surface area contributed by atoms with Gasteiger partial charge in [-0.3, -0.25) is 9.13 Å². The summed E-state index contributed by atoms with van der Waals surface area (Å²) >= 11 is 5.79. The highest BCUT2D eigenvalue weighted by Gasteiger charge is 2.36. The lowest BCUT2D eigenvalue weighted by atomic mass is 10.1. The molecule has 0 aliphatic rings. The number of alkyl halides is 3. The van der Waals surface area contributed by atoms with Gasteiger partial charge in [0.15, 0.2) is 0 Å². The highest BCUT2D eigenvalue weighted by molar-refractivity contribution is 7.54. The van der Waals surface area contributed by atoms with E-state index in [2.05, 4.69) is 5.32 Å². The van der Waals surface area contributed by atoms with Crippen molar-refractivity contribution in [1.29, 1.82) is 0 Å². The van der Waals surface area contributed by atoms with E-state index < -0.39 is 32.7 Å². The van der Waals surface area contributed by atoms with Gasteiger partial charge in [-0.15, -0.1) is 0 Å². The fraction of sp³-hybridized carbons (Fsp3) is 0.478. The van der Waals surface area contributed by atoms with Crippen molar-refractivity contribution < 1.29 is 45.1 Å². The van der Waals surface area contributed by atoms with E-state index in [0.29, 0.717) is 18.2 Å². The van der Waals surface area contributed by atoms with Gasteiger partial charge in [-0.1, -0.05) is 11.6 Å². The Hall–Kier alpha value is -1.82. The third-order valence-electron chi connectivity index (χ3n) is 4.49. The molecule has 39 heavy (non-hydrogen) atoms. The summed E-state index contributed by atoms with van der Waals surface area (Å²) in [5.74, 6) is -0.316. The van der Waals surface area contributed by atoms with Crippen molar-refractivity contribution in [2.75, 3.05) is 50.0 Å². The van der Waals surface area contributed by atoms with Crippen LogP contribution in [0.4, 0.5) is 24.5 Å². The highest BCUT2D eigenvalue weighted by atomic mass is 35.5. The monoisotopic (exact) mass is 619 g/mol. The average Bonchev–Trinajstić information content (AvgIpc) is 2.86. The molecule has 2 rings (SSSR count). The van der Waals surface area contributed by atoms with E-state index in [4.69, 9.17) is 45.9 Å². The van der Waals surface area contributed by atoms with Crippen LogP contribution >= 0.6 is 26.8 Å². The molecule has 0 fully saturated rings. The van der Waals surface area contributed by atoms with Gasteiger partial charge in [0.25, 0.3) is 0 Å². The van der Waals surface area contributed by atoms with E-state index >= 15 is 0 Å². The molecule has 0 bridgehead atoms. The Morgan fingerprint density at radius 1 is 0.872 bits per heavy atom. The zero-order chi connectivity index (χ0) is 29.7. The van der Waals surface area contributed by atoms with Crippen LogP contribution in [0.2, 0.25) is 5.02 Å². The second kappa shape index (κ2) is 16.4. The first kappa shape index (κ1) is 35.2. The summed E-state index contributed by atoms with van der Waals surface area (Å²) in [4.78, 5) is 0. The topological polar surface area (TPSA) is 144 Å². The Morgan fingerprint density at radius 2 is 1.36 bits per heavy atom. The normalized spacial score (nSPS) is 12.0. The van der Waals surface area contributed by atoms with Crippen molar-refractivity contribution in [1.82, 2.24) is 0 Å². The van der Waals surface area contributed by atoms with Crippen molar-refractivity contribution in [2.45, 2.75) is 33.9 Å². The molecule has 0 saturated carbocycles. The van der Waals surface area contributed by atoms with Gasteiger partial charge in [0.2, 0.25) is 0 Å². The largest absolute Gasteiger partial charge is 0.457 e. The summed E-state index contributed by atoms with van der Waals surface area (Å²) < 4.78 is 89.5. The number of anilines is 2. The summed E-state index contributed by atoms with van der Waals surface area (Å²) in [5.41, 5.74) is 9.79. The predicted octanol–water partition coefficient (Wildman–Crippen LogP) is 7.54. The number of nitrogens with one attached hydrogen (secondary N) is 1. The summed E-state index contributed by atoms with van der Waals surface area (Å²) in [5, 5.41) is 3.14. The van der Waals surface area contributed by atoms with Crippen LogP contribution in [-0.2, 0) is 33.4 Å². The number of halogens is 4. The quantitative estimate of drug-likeness (QED) is 0.143. The molecule has 2 aromatic carbocycles. The second-order valence-corrected chi connectivity index (χ2v) is 12.0. The number of nitrogen functional groups attached to an aromatic ring is 1. The molecule has 222 valence electrons. The Bertz CT molecular complexity index is 1110. The van der Waals surface area contributed by atoms with Crippen molar-refractivity contribution in [3.8, 4) is 11.5 Å². The maximum Gasteiger partial charge on any atom is 0.420 e. The van der Waals surface area contributed by atoms with Crippen LogP contribution in [0.1, 0.15) is 33.3 Å². The van der Waals surface area contributed by atoms with Gasteiger partial charge < -0.3 is 39.6 Å². The van der Waals surface area contributed by atoms with E-state index in [9.17, 15) is 22.3 Å². The summed E-state index contributed by atoms with van der Waals surface area (Å²) in [6.45, 7) is 7.83. The van der Waals surface area contributed by atoms with Crippen LogP contribution in [0.15, 0.2) is 36.4 Å². The SMILES string of the molecule is CCOP(=O)(CN)OCC.CCOP(=O)(CNc1cc(Oc2ccc(Cl)cc2)c(C(F)(F)F)cc1N)OCC. The molecule has 0 aliphatic carbocycles. The van der Waals surface area contributed by atoms with Gasteiger partial charge >= 0.3 is 21.4 Å². The molecule has 0 saturated heterocycles. The Kier molecular flexibility index (Phi) is 14.8. The number of benzene rings is 2. The fourth-order valence-corrected chi connectivity index (χ4v) is 5.53. The van der Waals surface area contributed by atoms with E-state index in [1.54, 1.807) is 27.7 Å². The number of ether oxygens (including phenoxy) is 1. The van der Waals surface area contributed by atoms with Crippen LogP contribution < -0.4 is 21.5 Å². The van der Waals surface area contributed by atoms with Crippen LogP contribution in [0.3, 0.4) is 0 Å². The lowest BCUT2D eigenvalue weighted by Gasteiger charge is -2.20. The maximum atomic E-state index is 13.4. The van der Waals surface area contributed by atoms with E-state index in [-0.39, 0.29) is 42.9 Å². The first-order valence-electron chi connectivity index (χ1n) is 11.9. The molecular formula is C23H35ClF3N3O7P2. The minimum Gasteiger partial charge on any atom is -0.457 e. The fourth-order valence-electron chi connectivity index (χ4n) is 2.93. The molecular weight excluding hydrogens is 585 g/mol. The standard InChI is InChI=1S/C18H21ClF3N2O4P.C5H14NO3P/c1-3-26-29(25,27-4-2)11-24-16-10-17(14(9-15(16)23)18(20,21)22)28-13-7-5-12(19)6-8-13;1-3-8-10(7,5-6)9-4-2/h5-10,24H,3-4,11,23H2,1-2H3;3-6H2,1-2H3. The van der Waals surface area contributed by atoms with E-state index in [0.717, 1.165) is 12.1 Å². The molecule has 0 amide bonds. The zero-order valence-corrected chi connectivity index (χ0v) is 24.7. The Morgan fingerprint density at radius 3 is 1.79 bits per heavy atom. The molecule has 0 aliphatic heterocycles. The molecule has 0 spiro atoms. The summed E-state index contributed by atoms with van der Waals surface area (Å²) in [6, 6.07) is 7.69. The Balaban J connectivity index is 0.000000646. The van der Waals surface area contributed by atoms with Gasteiger partial charge in [-0.25, -0.2) is 0 Å². The van der Waals surface area contributed by atoms with E-state index in [1.165, 1.54) is 24.3 Å². The molecule has 16 heteroatoms. The van der Waals surface area contributed by atoms with E-state index in [1.807, 2.05) is 0 Å². The number of nitrogens with two attached hydrogens (primary N) is 2. The van der Waals surface area contributed by atoms with Gasteiger partial charge in [-0.2, -0.15) is 13.2 Å². The Labute approximate surface area is 231 Å². The van der Waals surface area contributed by atoms with Crippen molar-refractivity contribution in [2.24, 2.45) is 5.73 Å².